The second kappa shape index (κ2) is 6.93. The van der Waals surface area contributed by atoms with E-state index in [9.17, 15) is 0 Å². The maximum atomic E-state index is 5.85. The first-order valence-corrected chi connectivity index (χ1v) is 8.14. The molecule has 3 rings (SSSR count). The molecule has 0 amide bonds. The molecule has 2 heterocycles. The monoisotopic (exact) mass is 336 g/mol. The molecule has 0 aliphatic rings. The molecular formula is C14H13ClN4O2S. The van der Waals surface area contributed by atoms with Crippen LogP contribution in [0.4, 0.5) is 0 Å². The smallest absolute Gasteiger partial charge is 0.277 e. The zero-order valence-electron chi connectivity index (χ0n) is 11.8. The summed E-state index contributed by atoms with van der Waals surface area (Å²) < 4.78 is 10.8. The van der Waals surface area contributed by atoms with E-state index in [2.05, 4.69) is 27.3 Å². The quantitative estimate of drug-likeness (QED) is 0.629. The Bertz CT molecular complexity index is 741. The van der Waals surface area contributed by atoms with Crippen LogP contribution in [-0.2, 0) is 12.2 Å². The molecule has 0 atom stereocenters. The highest BCUT2D eigenvalue weighted by atomic mass is 35.5. The molecule has 1 aromatic carbocycles. The van der Waals surface area contributed by atoms with Crippen molar-refractivity contribution in [2.45, 2.75) is 30.7 Å². The van der Waals surface area contributed by atoms with Gasteiger partial charge in [-0.15, -0.1) is 10.2 Å². The van der Waals surface area contributed by atoms with Crippen LogP contribution in [0, 0.1) is 0 Å². The average molecular weight is 337 g/mol. The molecule has 114 valence electrons. The standard InChI is InChI=1S/C14H13ClN4O2S/c1-2-3-11-16-12(21-19-11)8-22-14-18-17-13(20-14)9-4-6-10(15)7-5-9/h4-7H,2-3,8H2,1H3. The summed E-state index contributed by atoms with van der Waals surface area (Å²) in [6.45, 7) is 2.07. The lowest BCUT2D eigenvalue weighted by atomic mass is 10.2. The van der Waals surface area contributed by atoms with Gasteiger partial charge in [0.15, 0.2) is 5.82 Å². The lowest BCUT2D eigenvalue weighted by Gasteiger charge is -1.94. The maximum absolute atomic E-state index is 5.85. The molecule has 22 heavy (non-hydrogen) atoms. The Morgan fingerprint density at radius 3 is 2.77 bits per heavy atom. The fourth-order valence-corrected chi connectivity index (χ4v) is 2.50. The Labute approximate surface area is 136 Å². The number of nitrogens with zero attached hydrogens (tertiary/aromatic N) is 4. The predicted octanol–water partition coefficient (Wildman–Crippen LogP) is 4.02. The van der Waals surface area contributed by atoms with E-state index >= 15 is 0 Å². The number of rotatable bonds is 6. The van der Waals surface area contributed by atoms with E-state index in [0.29, 0.717) is 27.8 Å². The molecule has 0 unspecified atom stereocenters. The molecule has 0 saturated carbocycles. The zero-order chi connectivity index (χ0) is 15.4. The Morgan fingerprint density at radius 1 is 1.18 bits per heavy atom. The molecule has 0 aliphatic carbocycles. The summed E-state index contributed by atoms with van der Waals surface area (Å²) in [6, 6.07) is 7.22. The Morgan fingerprint density at radius 2 is 2.00 bits per heavy atom. The molecule has 2 aromatic heterocycles. The van der Waals surface area contributed by atoms with E-state index in [1.54, 1.807) is 12.1 Å². The Hall–Kier alpha value is -1.86. The summed E-state index contributed by atoms with van der Waals surface area (Å²) in [5.41, 5.74) is 0.826. The van der Waals surface area contributed by atoms with Gasteiger partial charge in [-0.2, -0.15) is 4.98 Å². The van der Waals surface area contributed by atoms with Crippen LogP contribution in [0.15, 0.2) is 38.4 Å². The largest absolute Gasteiger partial charge is 0.411 e. The molecule has 0 aliphatic heterocycles. The maximum Gasteiger partial charge on any atom is 0.277 e. The first-order chi connectivity index (χ1) is 10.7. The fraction of sp³-hybridized carbons (Fsp3) is 0.286. The van der Waals surface area contributed by atoms with Crippen LogP contribution >= 0.6 is 23.4 Å². The van der Waals surface area contributed by atoms with Crippen molar-refractivity contribution in [1.82, 2.24) is 20.3 Å². The van der Waals surface area contributed by atoms with Crippen LogP contribution in [0.5, 0.6) is 0 Å². The van der Waals surface area contributed by atoms with Crippen LogP contribution in [0.25, 0.3) is 11.5 Å². The van der Waals surface area contributed by atoms with Crippen molar-refractivity contribution in [1.29, 1.82) is 0 Å². The van der Waals surface area contributed by atoms with Gasteiger partial charge in [0.25, 0.3) is 5.22 Å². The minimum Gasteiger partial charge on any atom is -0.411 e. The van der Waals surface area contributed by atoms with Crippen molar-refractivity contribution in [2.75, 3.05) is 0 Å². The first kappa shape index (κ1) is 15.1. The SMILES string of the molecule is CCCc1noc(CSc2nnc(-c3ccc(Cl)cc3)o2)n1. The third-order valence-corrected chi connectivity index (χ3v) is 3.86. The summed E-state index contributed by atoms with van der Waals surface area (Å²) in [5, 5.41) is 13.0. The van der Waals surface area contributed by atoms with Crippen LogP contribution in [0.1, 0.15) is 25.1 Å². The molecule has 0 fully saturated rings. The van der Waals surface area contributed by atoms with Gasteiger partial charge in [-0.05, 0) is 30.7 Å². The van der Waals surface area contributed by atoms with Crippen molar-refractivity contribution in [3.8, 4) is 11.5 Å². The Balaban J connectivity index is 1.62. The van der Waals surface area contributed by atoms with E-state index in [4.69, 9.17) is 20.5 Å². The lowest BCUT2D eigenvalue weighted by molar-refractivity contribution is 0.384. The van der Waals surface area contributed by atoms with Gasteiger partial charge in [0.05, 0.1) is 5.75 Å². The topological polar surface area (TPSA) is 77.8 Å². The van der Waals surface area contributed by atoms with Crippen molar-refractivity contribution < 1.29 is 8.94 Å². The molecule has 0 saturated heterocycles. The summed E-state index contributed by atoms with van der Waals surface area (Å²) in [6.07, 6.45) is 1.80. The number of aromatic nitrogens is 4. The number of benzene rings is 1. The van der Waals surface area contributed by atoms with Gasteiger partial charge in [-0.1, -0.05) is 35.4 Å². The predicted molar refractivity (Wildman–Crippen MR) is 82.6 cm³/mol. The molecule has 3 aromatic rings. The highest BCUT2D eigenvalue weighted by Gasteiger charge is 2.12. The van der Waals surface area contributed by atoms with E-state index in [1.807, 2.05) is 12.1 Å². The van der Waals surface area contributed by atoms with Crippen LogP contribution < -0.4 is 0 Å². The number of hydrogen-bond acceptors (Lipinski definition) is 7. The van der Waals surface area contributed by atoms with Gasteiger partial charge in [-0.3, -0.25) is 0 Å². The normalized spacial score (nSPS) is 11.0. The average Bonchev–Trinajstić information content (AvgIpc) is 3.16. The summed E-state index contributed by atoms with van der Waals surface area (Å²) in [4.78, 5) is 4.29. The number of aryl methyl sites for hydroxylation is 1. The summed E-state index contributed by atoms with van der Waals surface area (Å²) >= 11 is 7.21. The molecule has 0 radical (unpaired) electrons. The number of halogens is 1. The van der Waals surface area contributed by atoms with E-state index in [0.717, 1.165) is 24.2 Å². The van der Waals surface area contributed by atoms with E-state index in [1.165, 1.54) is 11.8 Å². The van der Waals surface area contributed by atoms with Gasteiger partial charge in [0.2, 0.25) is 11.8 Å². The molecule has 0 N–H and O–H groups in total. The molecular weight excluding hydrogens is 324 g/mol. The highest BCUT2D eigenvalue weighted by molar-refractivity contribution is 7.98. The highest BCUT2D eigenvalue weighted by Crippen LogP contribution is 2.26. The number of hydrogen-bond donors (Lipinski definition) is 0. The van der Waals surface area contributed by atoms with E-state index in [-0.39, 0.29) is 0 Å². The lowest BCUT2D eigenvalue weighted by Crippen LogP contribution is -1.86. The minimum absolute atomic E-state index is 0.455. The Kier molecular flexibility index (Phi) is 4.74. The second-order valence-electron chi connectivity index (χ2n) is 4.52. The zero-order valence-corrected chi connectivity index (χ0v) is 13.4. The molecule has 0 bridgehead atoms. The van der Waals surface area contributed by atoms with Crippen molar-refractivity contribution in [3.63, 3.8) is 0 Å². The van der Waals surface area contributed by atoms with Gasteiger partial charge >= 0.3 is 0 Å². The van der Waals surface area contributed by atoms with Crippen molar-refractivity contribution in [2.24, 2.45) is 0 Å². The van der Waals surface area contributed by atoms with E-state index < -0.39 is 0 Å². The van der Waals surface area contributed by atoms with Gasteiger partial charge < -0.3 is 8.94 Å². The second-order valence-corrected chi connectivity index (χ2v) is 5.89. The molecule has 8 heteroatoms. The fourth-order valence-electron chi connectivity index (χ4n) is 1.77. The third kappa shape index (κ3) is 3.66. The third-order valence-electron chi connectivity index (χ3n) is 2.80. The number of thioether (sulfide) groups is 1. The summed E-state index contributed by atoms with van der Waals surface area (Å²) in [7, 11) is 0. The molecule has 0 spiro atoms. The van der Waals surface area contributed by atoms with Gasteiger partial charge in [0, 0.05) is 17.0 Å². The van der Waals surface area contributed by atoms with Crippen LogP contribution in [-0.4, -0.2) is 20.3 Å². The van der Waals surface area contributed by atoms with Crippen molar-refractivity contribution in [3.05, 3.63) is 41.0 Å². The first-order valence-electron chi connectivity index (χ1n) is 6.78. The van der Waals surface area contributed by atoms with Crippen LogP contribution in [0.2, 0.25) is 5.02 Å². The van der Waals surface area contributed by atoms with Gasteiger partial charge in [-0.25, -0.2) is 0 Å². The van der Waals surface area contributed by atoms with Crippen LogP contribution in [0.3, 0.4) is 0 Å². The summed E-state index contributed by atoms with van der Waals surface area (Å²) in [5.74, 6) is 2.24. The van der Waals surface area contributed by atoms with Crippen molar-refractivity contribution >= 4 is 23.4 Å². The minimum atomic E-state index is 0.455. The molecule has 6 nitrogen and oxygen atoms in total. The van der Waals surface area contributed by atoms with Gasteiger partial charge in [0.1, 0.15) is 0 Å².